The highest BCUT2D eigenvalue weighted by atomic mass is 32.2. The molecule has 1 aromatic rings. The van der Waals surface area contributed by atoms with E-state index in [1.807, 2.05) is 25.1 Å². The van der Waals surface area contributed by atoms with E-state index in [-0.39, 0.29) is 28.3 Å². The molecule has 0 bridgehead atoms. The monoisotopic (exact) mass is 409 g/mol. The molecule has 1 heterocycles. The SMILES string of the molecule is C/C=C(/Sc1ccccc1)S[C@H]1NC(=O)[C@@H]1[C@@H](C)O[Si](C)(C)C(C)(C)C. The number of thioether (sulfide) groups is 2. The van der Waals surface area contributed by atoms with E-state index in [1.165, 1.54) is 9.13 Å². The van der Waals surface area contributed by atoms with Crippen LogP contribution in [0, 0.1) is 5.92 Å². The number of hydrogen-bond acceptors (Lipinski definition) is 4. The molecule has 3 nitrogen and oxygen atoms in total. The summed E-state index contributed by atoms with van der Waals surface area (Å²) in [6, 6.07) is 10.3. The van der Waals surface area contributed by atoms with Crippen molar-refractivity contribution < 1.29 is 9.22 Å². The highest BCUT2D eigenvalue weighted by Gasteiger charge is 2.48. The van der Waals surface area contributed by atoms with E-state index in [0.717, 1.165) is 0 Å². The molecule has 0 spiro atoms. The van der Waals surface area contributed by atoms with E-state index >= 15 is 0 Å². The predicted molar refractivity (Wildman–Crippen MR) is 117 cm³/mol. The molecule has 1 saturated heterocycles. The van der Waals surface area contributed by atoms with Gasteiger partial charge in [-0.3, -0.25) is 4.79 Å². The molecule has 2 rings (SSSR count). The van der Waals surface area contributed by atoms with Crippen LogP contribution in [0.5, 0.6) is 0 Å². The minimum atomic E-state index is -1.89. The van der Waals surface area contributed by atoms with Crippen molar-refractivity contribution in [1.29, 1.82) is 0 Å². The second-order valence-electron chi connectivity index (χ2n) is 8.18. The Bertz CT molecular complexity index is 656. The van der Waals surface area contributed by atoms with Gasteiger partial charge in [-0.05, 0) is 44.1 Å². The number of nitrogens with one attached hydrogen (secondary N) is 1. The Kier molecular flexibility index (Phi) is 7.10. The van der Waals surface area contributed by atoms with Crippen LogP contribution in [0.25, 0.3) is 0 Å². The molecule has 26 heavy (non-hydrogen) atoms. The molecule has 1 aromatic carbocycles. The summed E-state index contributed by atoms with van der Waals surface area (Å²) in [5.74, 6) is 0.00863. The topological polar surface area (TPSA) is 38.3 Å². The first kappa shape index (κ1) is 21.6. The second-order valence-corrected chi connectivity index (χ2v) is 15.5. The Labute approximate surface area is 167 Å². The van der Waals surface area contributed by atoms with Crippen molar-refractivity contribution >= 4 is 37.7 Å². The number of carbonyl (C=O) groups excluding carboxylic acids is 1. The third kappa shape index (κ3) is 5.18. The van der Waals surface area contributed by atoms with Crippen molar-refractivity contribution in [2.45, 2.75) is 69.1 Å². The molecule has 0 saturated carbocycles. The van der Waals surface area contributed by atoms with Gasteiger partial charge in [-0.2, -0.15) is 0 Å². The molecule has 1 fully saturated rings. The lowest BCUT2D eigenvalue weighted by Gasteiger charge is -2.45. The molecule has 6 heteroatoms. The van der Waals surface area contributed by atoms with Gasteiger partial charge in [0.1, 0.15) is 0 Å². The average Bonchev–Trinajstić information content (AvgIpc) is 2.52. The van der Waals surface area contributed by atoms with Gasteiger partial charge in [-0.15, -0.1) is 0 Å². The van der Waals surface area contributed by atoms with Gasteiger partial charge in [0.05, 0.1) is 17.4 Å². The van der Waals surface area contributed by atoms with Gasteiger partial charge in [0.25, 0.3) is 0 Å². The molecule has 1 amide bonds. The quantitative estimate of drug-likeness (QED) is 0.348. The maximum Gasteiger partial charge on any atom is 0.229 e. The molecule has 3 atom stereocenters. The summed E-state index contributed by atoms with van der Waals surface area (Å²) in [4.78, 5) is 13.4. The third-order valence-corrected chi connectivity index (χ3v) is 12.3. The zero-order chi connectivity index (χ0) is 19.5. The lowest BCUT2D eigenvalue weighted by atomic mass is 9.96. The molecule has 0 aromatic heterocycles. The van der Waals surface area contributed by atoms with Gasteiger partial charge >= 0.3 is 0 Å². The fraction of sp³-hybridized carbons (Fsp3) is 0.550. The Morgan fingerprint density at radius 1 is 1.27 bits per heavy atom. The summed E-state index contributed by atoms with van der Waals surface area (Å²) in [6.45, 7) is 15.3. The van der Waals surface area contributed by atoms with Crippen molar-refractivity contribution in [3.63, 3.8) is 0 Å². The Balaban J connectivity index is 2.01. The van der Waals surface area contributed by atoms with E-state index in [4.69, 9.17) is 4.43 Å². The number of allylic oxidation sites excluding steroid dienone is 1. The smallest absolute Gasteiger partial charge is 0.229 e. The van der Waals surface area contributed by atoms with Crippen LogP contribution in [-0.2, 0) is 9.22 Å². The fourth-order valence-corrected chi connectivity index (χ4v) is 6.44. The molecule has 0 radical (unpaired) electrons. The number of β-lactam (4-membered cyclic amide) rings is 1. The van der Waals surface area contributed by atoms with Crippen LogP contribution in [0.15, 0.2) is 45.5 Å². The number of carbonyl (C=O) groups is 1. The number of rotatable bonds is 7. The first-order valence-corrected chi connectivity index (χ1v) is 13.7. The lowest BCUT2D eigenvalue weighted by Crippen LogP contribution is -2.62. The molecule has 1 N–H and O–H groups in total. The van der Waals surface area contributed by atoms with Gasteiger partial charge < -0.3 is 9.74 Å². The van der Waals surface area contributed by atoms with Crippen molar-refractivity contribution in [3.8, 4) is 0 Å². The van der Waals surface area contributed by atoms with Gasteiger partial charge in [0.15, 0.2) is 8.32 Å². The molecular weight excluding hydrogens is 378 g/mol. The summed E-state index contributed by atoms with van der Waals surface area (Å²) in [5, 5.41) is 3.27. The largest absolute Gasteiger partial charge is 0.413 e. The van der Waals surface area contributed by atoms with E-state index in [9.17, 15) is 4.79 Å². The van der Waals surface area contributed by atoms with Crippen LogP contribution in [0.4, 0.5) is 0 Å². The Hall–Kier alpha value is -0.693. The summed E-state index contributed by atoms with van der Waals surface area (Å²) >= 11 is 3.47. The number of amides is 1. The maximum absolute atomic E-state index is 12.2. The average molecular weight is 410 g/mol. The number of hydrogen-bond donors (Lipinski definition) is 1. The van der Waals surface area contributed by atoms with Crippen LogP contribution in [0.2, 0.25) is 18.1 Å². The van der Waals surface area contributed by atoms with Crippen LogP contribution in [0.1, 0.15) is 34.6 Å². The van der Waals surface area contributed by atoms with Crippen molar-refractivity contribution in [2.75, 3.05) is 0 Å². The van der Waals surface area contributed by atoms with Crippen molar-refractivity contribution in [1.82, 2.24) is 5.32 Å². The highest BCUT2D eigenvalue weighted by molar-refractivity contribution is 8.22. The predicted octanol–water partition coefficient (Wildman–Crippen LogP) is 5.86. The van der Waals surface area contributed by atoms with Crippen LogP contribution < -0.4 is 5.32 Å². The Morgan fingerprint density at radius 3 is 2.38 bits per heavy atom. The van der Waals surface area contributed by atoms with E-state index in [1.54, 1.807) is 23.5 Å². The first-order chi connectivity index (χ1) is 12.0. The molecule has 1 aliphatic heterocycles. The zero-order valence-corrected chi connectivity index (χ0v) is 19.5. The van der Waals surface area contributed by atoms with Gasteiger partial charge in [-0.25, -0.2) is 0 Å². The molecule has 1 aliphatic rings. The summed E-state index contributed by atoms with van der Waals surface area (Å²) in [5.41, 5.74) is 0. The van der Waals surface area contributed by atoms with Crippen LogP contribution in [0.3, 0.4) is 0 Å². The minimum Gasteiger partial charge on any atom is -0.413 e. The van der Waals surface area contributed by atoms with Crippen LogP contribution in [-0.4, -0.2) is 25.7 Å². The normalized spacial score (nSPS) is 22.6. The standard InChI is InChI=1S/C20H31NO2S2Si/c1-8-16(24-15-12-10-9-11-13-15)25-19-17(18(22)21-19)14(2)23-26(6,7)20(3,4)5/h8-14,17,19H,1-7H3,(H,21,22)/b16-8-/t14-,17+,19-/m1/s1. The van der Waals surface area contributed by atoms with E-state index < -0.39 is 8.32 Å². The molecule has 0 unspecified atom stereocenters. The maximum atomic E-state index is 12.2. The number of benzene rings is 1. The first-order valence-electron chi connectivity index (χ1n) is 9.09. The summed E-state index contributed by atoms with van der Waals surface area (Å²) < 4.78 is 7.68. The van der Waals surface area contributed by atoms with Crippen molar-refractivity contribution in [2.24, 2.45) is 5.92 Å². The molecule has 0 aliphatic carbocycles. The summed E-state index contributed by atoms with van der Waals surface area (Å²) in [7, 11) is -1.89. The van der Waals surface area contributed by atoms with Gasteiger partial charge in [0, 0.05) is 9.13 Å². The molecule has 144 valence electrons. The Morgan fingerprint density at radius 2 is 1.88 bits per heavy atom. The lowest BCUT2D eigenvalue weighted by molar-refractivity contribution is -0.136. The highest BCUT2D eigenvalue weighted by Crippen LogP contribution is 2.43. The van der Waals surface area contributed by atoms with Gasteiger partial charge in [-0.1, -0.05) is 68.6 Å². The molecular formula is C20H31NO2S2Si. The van der Waals surface area contributed by atoms with Crippen molar-refractivity contribution in [3.05, 3.63) is 40.6 Å². The summed E-state index contributed by atoms with van der Waals surface area (Å²) in [6.07, 6.45) is 2.05. The second kappa shape index (κ2) is 8.55. The third-order valence-electron chi connectivity index (χ3n) is 5.15. The minimum absolute atomic E-state index is 0.0676. The van der Waals surface area contributed by atoms with E-state index in [0.29, 0.717) is 0 Å². The van der Waals surface area contributed by atoms with Crippen LogP contribution >= 0.6 is 23.5 Å². The fourth-order valence-electron chi connectivity index (χ4n) is 2.53. The van der Waals surface area contributed by atoms with E-state index in [2.05, 4.69) is 64.3 Å². The van der Waals surface area contributed by atoms with Gasteiger partial charge in [0.2, 0.25) is 5.91 Å². The zero-order valence-electron chi connectivity index (χ0n) is 16.8.